The molecule has 2 heterocycles. The highest BCUT2D eigenvalue weighted by Crippen LogP contribution is 2.45. The molecule has 0 bridgehead atoms. The molecule has 1 fully saturated rings. The molecule has 2 atom stereocenters. The first kappa shape index (κ1) is 18.4. The zero-order valence-electron chi connectivity index (χ0n) is 16.7. The molecule has 5 rings (SSSR count). The van der Waals surface area contributed by atoms with Crippen LogP contribution in [0, 0.1) is 0 Å². The Hall–Kier alpha value is -3.67. The summed E-state index contributed by atoms with van der Waals surface area (Å²) in [5.74, 6) is 0.478. The number of carbonyl (C=O) groups is 1. The van der Waals surface area contributed by atoms with Gasteiger partial charge in [0.15, 0.2) is 17.7 Å². The van der Waals surface area contributed by atoms with Crippen molar-refractivity contribution < 1.29 is 14.6 Å². The molecule has 1 saturated heterocycles. The molecule has 0 saturated carbocycles. The van der Waals surface area contributed by atoms with Crippen LogP contribution >= 0.6 is 0 Å². The number of ether oxygens (including phenoxy) is 1. The van der Waals surface area contributed by atoms with E-state index >= 15 is 0 Å². The minimum atomic E-state index is -0.402. The van der Waals surface area contributed by atoms with Crippen molar-refractivity contribution in [3.63, 3.8) is 0 Å². The first-order valence-electron chi connectivity index (χ1n) is 10.1. The molecule has 152 valence electrons. The van der Waals surface area contributed by atoms with E-state index in [0.29, 0.717) is 5.75 Å². The number of amides is 1. The van der Waals surface area contributed by atoms with Crippen LogP contribution in [0.1, 0.15) is 23.7 Å². The number of rotatable bonds is 4. The lowest BCUT2D eigenvalue weighted by atomic mass is 9.95. The van der Waals surface area contributed by atoms with Crippen LogP contribution in [0.15, 0.2) is 72.8 Å². The number of fused-ring (bicyclic) bond motifs is 3. The Labute approximate surface area is 175 Å². The maximum atomic E-state index is 13.5. The van der Waals surface area contributed by atoms with E-state index in [4.69, 9.17) is 4.74 Å². The van der Waals surface area contributed by atoms with Gasteiger partial charge in [0.25, 0.3) is 5.91 Å². The molecule has 2 N–H and O–H groups in total. The van der Waals surface area contributed by atoms with E-state index in [2.05, 4.69) is 22.5 Å². The number of benzene rings is 3. The molecule has 3 aromatic rings. The Kier molecular flexibility index (Phi) is 4.47. The van der Waals surface area contributed by atoms with Gasteiger partial charge in [-0.2, -0.15) is 0 Å². The lowest BCUT2D eigenvalue weighted by molar-refractivity contribution is -0.128. The number of methoxy groups -OCH3 is 1. The molecule has 30 heavy (non-hydrogen) atoms. The Morgan fingerprint density at radius 3 is 2.57 bits per heavy atom. The maximum Gasteiger partial charge on any atom is 0.265 e. The highest BCUT2D eigenvalue weighted by atomic mass is 16.5. The maximum absolute atomic E-state index is 13.5. The second kappa shape index (κ2) is 7.30. The van der Waals surface area contributed by atoms with E-state index in [1.807, 2.05) is 48.5 Å². The average molecular weight is 401 g/mol. The number of nitrogens with zero attached hydrogens (tertiary/aromatic N) is 2. The van der Waals surface area contributed by atoms with Gasteiger partial charge < -0.3 is 14.7 Å². The molecular formula is C24H23N3O3. The number of aromatic hydroxyl groups is 1. The summed E-state index contributed by atoms with van der Waals surface area (Å²) >= 11 is 0. The van der Waals surface area contributed by atoms with Crippen LogP contribution in [-0.4, -0.2) is 29.2 Å². The van der Waals surface area contributed by atoms with Gasteiger partial charge >= 0.3 is 0 Å². The Balaban J connectivity index is 1.63. The number of carbonyl (C=O) groups excluding carboxylic acids is 1. The largest absolute Gasteiger partial charge is 0.504 e. The van der Waals surface area contributed by atoms with Gasteiger partial charge in [0, 0.05) is 11.3 Å². The molecule has 0 aromatic heterocycles. The van der Waals surface area contributed by atoms with Crippen molar-refractivity contribution in [2.45, 2.75) is 25.0 Å². The first-order valence-corrected chi connectivity index (χ1v) is 10.1. The summed E-state index contributed by atoms with van der Waals surface area (Å²) in [4.78, 5) is 15.6. The van der Waals surface area contributed by atoms with Gasteiger partial charge in [-0.3, -0.25) is 10.2 Å². The van der Waals surface area contributed by atoms with Crippen molar-refractivity contribution in [3.05, 3.63) is 83.9 Å². The van der Waals surface area contributed by atoms with E-state index in [1.165, 1.54) is 12.7 Å². The third-order valence-corrected chi connectivity index (χ3v) is 5.85. The zero-order chi connectivity index (χ0) is 20.7. The van der Waals surface area contributed by atoms with Crippen molar-refractivity contribution in [3.8, 4) is 11.5 Å². The number of para-hydroxylation sites is 2. The molecule has 2 unspecified atom stereocenters. The molecule has 2 aliphatic rings. The fraction of sp³-hybridized carbons (Fsp3) is 0.208. The summed E-state index contributed by atoms with van der Waals surface area (Å²) in [5.41, 5.74) is 7.23. The Bertz CT molecular complexity index is 1090. The summed E-state index contributed by atoms with van der Waals surface area (Å²) in [5, 5.41) is 12.1. The quantitative estimate of drug-likeness (QED) is 0.689. The number of hydrazine groups is 1. The van der Waals surface area contributed by atoms with Crippen LogP contribution in [0.5, 0.6) is 11.5 Å². The minimum Gasteiger partial charge on any atom is -0.504 e. The van der Waals surface area contributed by atoms with Gasteiger partial charge in [-0.25, -0.2) is 5.01 Å². The predicted molar refractivity (Wildman–Crippen MR) is 115 cm³/mol. The predicted octanol–water partition coefficient (Wildman–Crippen LogP) is 4.09. The molecule has 0 aliphatic carbocycles. The zero-order valence-corrected chi connectivity index (χ0v) is 16.7. The fourth-order valence-electron chi connectivity index (χ4n) is 4.47. The van der Waals surface area contributed by atoms with Gasteiger partial charge in [0.1, 0.15) is 6.04 Å². The molecule has 2 aliphatic heterocycles. The topological polar surface area (TPSA) is 65.0 Å². The van der Waals surface area contributed by atoms with Gasteiger partial charge in [-0.1, -0.05) is 42.5 Å². The van der Waals surface area contributed by atoms with Crippen molar-refractivity contribution in [1.82, 2.24) is 5.01 Å². The van der Waals surface area contributed by atoms with Crippen molar-refractivity contribution in [2.75, 3.05) is 17.4 Å². The molecular weight excluding hydrogens is 378 g/mol. The van der Waals surface area contributed by atoms with Gasteiger partial charge in [0.05, 0.1) is 12.8 Å². The number of aryl methyl sites for hydroxylation is 1. The normalized spacial score (nSPS) is 20.0. The third-order valence-electron chi connectivity index (χ3n) is 5.85. The highest BCUT2D eigenvalue weighted by Gasteiger charge is 2.49. The average Bonchev–Trinajstić information content (AvgIpc) is 3.06. The summed E-state index contributed by atoms with van der Waals surface area (Å²) in [7, 11) is 1.52. The number of hydrogen-bond acceptors (Lipinski definition) is 5. The number of nitrogens with one attached hydrogen (secondary N) is 1. The van der Waals surface area contributed by atoms with Crippen molar-refractivity contribution in [2.24, 2.45) is 0 Å². The summed E-state index contributed by atoms with van der Waals surface area (Å²) in [6.07, 6.45) is 1.21. The van der Waals surface area contributed by atoms with E-state index in [-0.39, 0.29) is 17.7 Å². The van der Waals surface area contributed by atoms with Gasteiger partial charge in [0.2, 0.25) is 0 Å². The van der Waals surface area contributed by atoms with Crippen LogP contribution in [-0.2, 0) is 11.2 Å². The van der Waals surface area contributed by atoms with Gasteiger partial charge in [-0.15, -0.1) is 0 Å². The van der Waals surface area contributed by atoms with Crippen LogP contribution in [0.4, 0.5) is 11.4 Å². The minimum absolute atomic E-state index is 0.0219. The van der Waals surface area contributed by atoms with Crippen molar-refractivity contribution >= 4 is 17.3 Å². The van der Waals surface area contributed by atoms with Crippen LogP contribution in [0.25, 0.3) is 0 Å². The summed E-state index contributed by atoms with van der Waals surface area (Å²) in [6.45, 7) is 0. The van der Waals surface area contributed by atoms with Crippen LogP contribution in [0.3, 0.4) is 0 Å². The molecule has 0 spiro atoms. The first-order chi connectivity index (χ1) is 14.7. The second-order valence-electron chi connectivity index (χ2n) is 7.58. The molecule has 6 heteroatoms. The molecule has 1 amide bonds. The van der Waals surface area contributed by atoms with Crippen molar-refractivity contribution in [1.29, 1.82) is 0 Å². The number of phenols is 1. The van der Waals surface area contributed by atoms with E-state index in [1.54, 1.807) is 17.1 Å². The number of hydrogen-bond donors (Lipinski definition) is 2. The molecule has 6 nitrogen and oxygen atoms in total. The number of phenolic OH excluding ortho intramolecular Hbond substituents is 1. The monoisotopic (exact) mass is 401 g/mol. The summed E-state index contributed by atoms with van der Waals surface area (Å²) < 4.78 is 5.21. The highest BCUT2D eigenvalue weighted by molar-refractivity contribution is 5.92. The molecule has 0 radical (unpaired) electrons. The lowest BCUT2D eigenvalue weighted by Crippen LogP contribution is -2.38. The lowest BCUT2D eigenvalue weighted by Gasteiger charge is -2.37. The number of anilines is 2. The SMILES string of the molecule is COc1ccc(C2N(Nc3ccccc3)C(=O)C3CCc4ccccc4N32)cc1O. The van der Waals surface area contributed by atoms with Gasteiger partial charge in [-0.05, 0) is 48.7 Å². The fourth-order valence-corrected chi connectivity index (χ4v) is 4.47. The smallest absolute Gasteiger partial charge is 0.265 e. The standard InChI is InChI=1S/C24H23N3O3/c1-30-22-14-12-17(15-21(22)28)23-26-19-10-6-5-7-16(19)11-13-20(26)24(29)27(23)25-18-8-3-2-4-9-18/h2-10,12,14-15,20,23,25,28H,11,13H2,1H3. The third kappa shape index (κ3) is 2.92. The summed E-state index contributed by atoms with van der Waals surface area (Å²) in [6, 6.07) is 22.9. The van der Waals surface area contributed by atoms with E-state index in [9.17, 15) is 9.90 Å². The Morgan fingerprint density at radius 2 is 1.80 bits per heavy atom. The molecule has 3 aromatic carbocycles. The Morgan fingerprint density at radius 1 is 1.03 bits per heavy atom. The van der Waals surface area contributed by atoms with Crippen LogP contribution in [0.2, 0.25) is 0 Å². The second-order valence-corrected chi connectivity index (χ2v) is 7.58. The van der Waals surface area contributed by atoms with E-state index in [0.717, 1.165) is 29.8 Å². The van der Waals surface area contributed by atoms with E-state index < -0.39 is 6.17 Å². The van der Waals surface area contributed by atoms with Crippen LogP contribution < -0.4 is 15.1 Å².